The summed E-state index contributed by atoms with van der Waals surface area (Å²) in [5.74, 6) is -2.09. The number of alkyl halides is 4. The van der Waals surface area contributed by atoms with Crippen LogP contribution in [0.4, 0.5) is 17.6 Å². The van der Waals surface area contributed by atoms with Crippen LogP contribution >= 0.6 is 0 Å². The van der Waals surface area contributed by atoms with E-state index in [1.807, 2.05) is 13.0 Å². The van der Waals surface area contributed by atoms with Crippen LogP contribution in [-0.2, 0) is 4.74 Å². The molecule has 0 aromatic rings. The quantitative estimate of drug-likeness (QED) is 0.724. The predicted octanol–water partition coefficient (Wildman–Crippen LogP) is 4.40. The molecule has 2 nitrogen and oxygen atoms in total. The standard InChI is InChI=1S/C15H21F4NO/c1-9-2-5-12(14(17)6-9)15(18,19)21-11-4-3-10(8-20)13(16)7-11/h9-14H,2-7H2,1H3. The largest absolute Gasteiger partial charge is 0.361 e. The van der Waals surface area contributed by atoms with Crippen LogP contribution in [0.2, 0.25) is 0 Å². The van der Waals surface area contributed by atoms with Crippen molar-refractivity contribution in [3.63, 3.8) is 0 Å². The Morgan fingerprint density at radius 2 is 1.76 bits per heavy atom. The molecule has 0 heterocycles. The van der Waals surface area contributed by atoms with Gasteiger partial charge in [0.1, 0.15) is 12.3 Å². The molecule has 6 unspecified atom stereocenters. The first kappa shape index (κ1) is 16.5. The van der Waals surface area contributed by atoms with E-state index in [1.165, 1.54) is 0 Å². The minimum Gasteiger partial charge on any atom is -0.317 e. The zero-order chi connectivity index (χ0) is 15.6. The molecule has 2 aliphatic rings. The molecule has 0 aromatic heterocycles. The molecule has 120 valence electrons. The highest BCUT2D eigenvalue weighted by atomic mass is 19.3. The molecule has 21 heavy (non-hydrogen) atoms. The molecule has 6 atom stereocenters. The van der Waals surface area contributed by atoms with Crippen LogP contribution in [0.1, 0.15) is 45.4 Å². The number of halogens is 4. The molecule has 2 aliphatic carbocycles. The molecular weight excluding hydrogens is 286 g/mol. The fourth-order valence-electron chi connectivity index (χ4n) is 3.33. The van der Waals surface area contributed by atoms with E-state index < -0.39 is 36.4 Å². The van der Waals surface area contributed by atoms with Crippen LogP contribution in [0.25, 0.3) is 0 Å². The zero-order valence-corrected chi connectivity index (χ0v) is 12.1. The predicted molar refractivity (Wildman–Crippen MR) is 69.1 cm³/mol. The summed E-state index contributed by atoms with van der Waals surface area (Å²) in [5, 5.41) is 8.72. The van der Waals surface area contributed by atoms with Crippen LogP contribution < -0.4 is 0 Å². The highest BCUT2D eigenvalue weighted by Crippen LogP contribution is 2.43. The van der Waals surface area contributed by atoms with E-state index in [-0.39, 0.29) is 38.0 Å². The van der Waals surface area contributed by atoms with Crippen molar-refractivity contribution in [3.05, 3.63) is 0 Å². The van der Waals surface area contributed by atoms with E-state index in [9.17, 15) is 17.6 Å². The summed E-state index contributed by atoms with van der Waals surface area (Å²) < 4.78 is 60.5. The molecule has 0 aliphatic heterocycles. The molecular formula is C15H21F4NO. The smallest absolute Gasteiger partial charge is 0.317 e. The van der Waals surface area contributed by atoms with Gasteiger partial charge in [0.15, 0.2) is 0 Å². The van der Waals surface area contributed by atoms with E-state index in [4.69, 9.17) is 10.00 Å². The summed E-state index contributed by atoms with van der Waals surface area (Å²) in [6, 6.07) is 1.83. The number of hydrogen-bond donors (Lipinski definition) is 0. The van der Waals surface area contributed by atoms with Gasteiger partial charge in [0.05, 0.1) is 24.0 Å². The first-order valence-electron chi connectivity index (χ1n) is 7.57. The highest BCUT2D eigenvalue weighted by Gasteiger charge is 2.50. The van der Waals surface area contributed by atoms with Gasteiger partial charge in [-0.2, -0.15) is 14.0 Å². The molecule has 0 N–H and O–H groups in total. The molecule has 0 saturated heterocycles. The van der Waals surface area contributed by atoms with Gasteiger partial charge in [-0.15, -0.1) is 0 Å². The van der Waals surface area contributed by atoms with E-state index in [1.54, 1.807) is 0 Å². The van der Waals surface area contributed by atoms with Gasteiger partial charge in [0.25, 0.3) is 0 Å². The van der Waals surface area contributed by atoms with Crippen molar-refractivity contribution >= 4 is 0 Å². The lowest BCUT2D eigenvalue weighted by Crippen LogP contribution is -2.44. The monoisotopic (exact) mass is 307 g/mol. The average molecular weight is 307 g/mol. The van der Waals surface area contributed by atoms with E-state index >= 15 is 0 Å². The fraction of sp³-hybridized carbons (Fsp3) is 0.933. The normalized spacial score (nSPS) is 41.5. The van der Waals surface area contributed by atoms with Crippen LogP contribution in [0, 0.1) is 29.1 Å². The summed E-state index contributed by atoms with van der Waals surface area (Å²) in [6.45, 7) is 1.85. The molecule has 2 fully saturated rings. The summed E-state index contributed by atoms with van der Waals surface area (Å²) in [6.07, 6.45) is -6.57. The van der Waals surface area contributed by atoms with Crippen molar-refractivity contribution in [2.75, 3.05) is 0 Å². The van der Waals surface area contributed by atoms with Gasteiger partial charge in [-0.1, -0.05) is 6.92 Å². The summed E-state index contributed by atoms with van der Waals surface area (Å²) in [4.78, 5) is 0. The maximum Gasteiger partial charge on any atom is 0.361 e. The lowest BCUT2D eigenvalue weighted by atomic mass is 9.80. The molecule has 2 saturated carbocycles. The Morgan fingerprint density at radius 1 is 1.05 bits per heavy atom. The first-order valence-corrected chi connectivity index (χ1v) is 7.57. The number of nitrogens with zero attached hydrogens (tertiary/aromatic N) is 1. The molecule has 6 heteroatoms. The molecule has 2 rings (SSSR count). The minimum absolute atomic E-state index is 0.0852. The van der Waals surface area contributed by atoms with Gasteiger partial charge in [-0.3, -0.25) is 0 Å². The minimum atomic E-state index is -3.57. The lowest BCUT2D eigenvalue weighted by molar-refractivity contribution is -0.311. The van der Waals surface area contributed by atoms with Crippen LogP contribution in [0.5, 0.6) is 0 Å². The van der Waals surface area contributed by atoms with Crippen molar-refractivity contribution in [1.82, 2.24) is 0 Å². The summed E-state index contributed by atoms with van der Waals surface area (Å²) in [7, 11) is 0. The highest BCUT2D eigenvalue weighted by molar-refractivity contribution is 4.94. The van der Waals surface area contributed by atoms with Crippen LogP contribution in [0.15, 0.2) is 0 Å². The Hall–Kier alpha value is -0.830. The van der Waals surface area contributed by atoms with Crippen molar-refractivity contribution < 1.29 is 22.3 Å². The third-order valence-electron chi connectivity index (χ3n) is 4.68. The zero-order valence-electron chi connectivity index (χ0n) is 12.1. The Morgan fingerprint density at radius 3 is 2.33 bits per heavy atom. The second-order valence-corrected chi connectivity index (χ2v) is 6.41. The third-order valence-corrected chi connectivity index (χ3v) is 4.68. The maximum atomic E-state index is 14.1. The van der Waals surface area contributed by atoms with Gasteiger partial charge in [-0.25, -0.2) is 8.78 Å². The topological polar surface area (TPSA) is 33.0 Å². The van der Waals surface area contributed by atoms with Crippen molar-refractivity contribution in [1.29, 1.82) is 5.26 Å². The number of nitriles is 1. The van der Waals surface area contributed by atoms with Gasteiger partial charge in [-0.05, 0) is 38.0 Å². The Kier molecular flexibility index (Phi) is 5.13. The van der Waals surface area contributed by atoms with Crippen molar-refractivity contribution in [2.24, 2.45) is 17.8 Å². The van der Waals surface area contributed by atoms with E-state index in [0.29, 0.717) is 6.42 Å². The van der Waals surface area contributed by atoms with Gasteiger partial charge >= 0.3 is 6.11 Å². The van der Waals surface area contributed by atoms with Gasteiger partial charge in [0, 0.05) is 6.42 Å². The van der Waals surface area contributed by atoms with Gasteiger partial charge in [0.2, 0.25) is 0 Å². The van der Waals surface area contributed by atoms with Gasteiger partial charge < -0.3 is 4.74 Å². The second kappa shape index (κ2) is 6.51. The SMILES string of the molecule is CC1CCC(C(F)(F)OC2CCC(C#N)C(F)C2)C(F)C1. The van der Waals surface area contributed by atoms with E-state index in [0.717, 1.165) is 0 Å². The average Bonchev–Trinajstić information content (AvgIpc) is 2.37. The fourth-order valence-corrected chi connectivity index (χ4v) is 3.33. The summed E-state index contributed by atoms with van der Waals surface area (Å²) >= 11 is 0. The molecule has 0 bridgehead atoms. The van der Waals surface area contributed by atoms with Crippen molar-refractivity contribution in [2.45, 2.75) is 70.0 Å². The molecule has 0 spiro atoms. The van der Waals surface area contributed by atoms with Crippen LogP contribution in [-0.4, -0.2) is 24.6 Å². The number of ether oxygens (including phenoxy) is 1. The Labute approximate surface area is 122 Å². The van der Waals surface area contributed by atoms with Crippen LogP contribution in [0.3, 0.4) is 0 Å². The number of hydrogen-bond acceptors (Lipinski definition) is 2. The third kappa shape index (κ3) is 3.88. The van der Waals surface area contributed by atoms with E-state index in [2.05, 4.69) is 0 Å². The second-order valence-electron chi connectivity index (χ2n) is 6.41. The Balaban J connectivity index is 1.93. The first-order chi connectivity index (χ1) is 9.83. The van der Waals surface area contributed by atoms with Crippen molar-refractivity contribution in [3.8, 4) is 6.07 Å². The molecule has 0 aromatic carbocycles. The Bertz CT molecular complexity index is 398. The number of rotatable bonds is 3. The maximum absolute atomic E-state index is 14.1. The molecule has 0 radical (unpaired) electrons. The lowest BCUT2D eigenvalue weighted by Gasteiger charge is -2.38. The summed E-state index contributed by atoms with van der Waals surface area (Å²) in [5.41, 5.74) is 0. The molecule has 0 amide bonds.